The summed E-state index contributed by atoms with van der Waals surface area (Å²) in [6.07, 6.45) is 5.88. The molecule has 1 rings (SSSR count). The van der Waals surface area contributed by atoms with Gasteiger partial charge in [-0.25, -0.2) is 19.6 Å². The van der Waals surface area contributed by atoms with Crippen molar-refractivity contribution >= 4 is 12.2 Å². The molecular weight excluding hydrogens is 218 g/mol. The summed E-state index contributed by atoms with van der Waals surface area (Å²) in [6.45, 7) is 6.86. The molecule has 1 aliphatic carbocycles. The van der Waals surface area contributed by atoms with E-state index < -0.39 is 0 Å². The van der Waals surface area contributed by atoms with Crippen LogP contribution in [0.25, 0.3) is 0 Å². The summed E-state index contributed by atoms with van der Waals surface area (Å²) in [4.78, 5) is 28.0. The molecule has 0 spiro atoms. The summed E-state index contributed by atoms with van der Waals surface area (Å²) in [5.41, 5.74) is 0.0561. The van der Waals surface area contributed by atoms with Gasteiger partial charge < -0.3 is 6.15 Å². The van der Waals surface area contributed by atoms with Gasteiger partial charge in [-0.2, -0.15) is 0 Å². The number of nitrogens with zero attached hydrogens (tertiary/aromatic N) is 2. The fourth-order valence-electron chi connectivity index (χ4n) is 3.09. The fourth-order valence-corrected chi connectivity index (χ4v) is 3.09. The molecule has 0 aromatic heterocycles. The zero-order chi connectivity index (χ0) is 12.2. The van der Waals surface area contributed by atoms with Crippen LogP contribution in [0.5, 0.6) is 0 Å². The van der Waals surface area contributed by atoms with Crippen LogP contribution in [-0.4, -0.2) is 24.7 Å². The van der Waals surface area contributed by atoms with Gasteiger partial charge in [-0.15, -0.1) is 0 Å². The predicted octanol–water partition coefficient (Wildman–Crippen LogP) is 2.40. The van der Waals surface area contributed by atoms with E-state index in [0.29, 0.717) is 6.54 Å². The van der Waals surface area contributed by atoms with Gasteiger partial charge in [0.15, 0.2) is 0 Å². The first-order chi connectivity index (χ1) is 7.41. The highest BCUT2D eigenvalue weighted by Gasteiger charge is 2.41. The van der Waals surface area contributed by atoms with Crippen LogP contribution >= 0.6 is 0 Å². The van der Waals surface area contributed by atoms with Gasteiger partial charge in [-0.3, -0.25) is 0 Å². The van der Waals surface area contributed by atoms with E-state index >= 15 is 0 Å². The number of aliphatic imine (C=N–C) groups is 2. The van der Waals surface area contributed by atoms with Crippen molar-refractivity contribution in [3.8, 4) is 0 Å². The Balaban J connectivity index is 0.00000256. The van der Waals surface area contributed by atoms with Crippen LogP contribution in [0.4, 0.5) is 0 Å². The largest absolute Gasteiger partial charge is 0.344 e. The van der Waals surface area contributed by atoms with Crippen LogP contribution < -0.4 is 6.15 Å². The van der Waals surface area contributed by atoms with E-state index in [0.717, 1.165) is 19.3 Å². The molecule has 0 heterocycles. The molecule has 96 valence electrons. The molecule has 5 heteroatoms. The minimum Gasteiger partial charge on any atom is -0.344 e. The van der Waals surface area contributed by atoms with Crippen LogP contribution in [-0.2, 0) is 9.59 Å². The molecule has 17 heavy (non-hydrogen) atoms. The summed E-state index contributed by atoms with van der Waals surface area (Å²) in [7, 11) is 0. The smallest absolute Gasteiger partial charge is 0.235 e. The molecule has 5 nitrogen and oxygen atoms in total. The Bertz CT molecular complexity index is 355. The van der Waals surface area contributed by atoms with Gasteiger partial charge in [0, 0.05) is 0 Å². The highest BCUT2D eigenvalue weighted by atomic mass is 16.1. The lowest BCUT2D eigenvalue weighted by Gasteiger charge is -2.44. The summed E-state index contributed by atoms with van der Waals surface area (Å²) in [6, 6.07) is 0.00750. The topological polar surface area (TPSA) is 93.9 Å². The van der Waals surface area contributed by atoms with Crippen molar-refractivity contribution in [1.82, 2.24) is 6.15 Å². The molecule has 0 radical (unpaired) electrons. The Kier molecular flexibility index (Phi) is 5.43. The van der Waals surface area contributed by atoms with Crippen molar-refractivity contribution in [3.05, 3.63) is 0 Å². The average molecular weight is 239 g/mol. The lowest BCUT2D eigenvalue weighted by molar-refractivity contribution is 0.0915. The van der Waals surface area contributed by atoms with Crippen molar-refractivity contribution in [2.45, 2.75) is 46.1 Å². The molecular formula is C12H21N3O2. The fraction of sp³-hybridized carbons (Fsp3) is 0.833. The Hall–Kier alpha value is -1.28. The molecule has 0 amide bonds. The van der Waals surface area contributed by atoms with Gasteiger partial charge >= 0.3 is 0 Å². The first-order valence-electron chi connectivity index (χ1n) is 5.51. The quantitative estimate of drug-likeness (QED) is 0.605. The van der Waals surface area contributed by atoms with Crippen molar-refractivity contribution in [1.29, 1.82) is 0 Å². The third-order valence-electron chi connectivity index (χ3n) is 3.18. The van der Waals surface area contributed by atoms with E-state index in [2.05, 4.69) is 30.8 Å². The molecule has 1 fully saturated rings. The summed E-state index contributed by atoms with van der Waals surface area (Å²) >= 11 is 0. The number of isocyanates is 2. The van der Waals surface area contributed by atoms with E-state index in [4.69, 9.17) is 0 Å². The van der Waals surface area contributed by atoms with Gasteiger partial charge in [0.1, 0.15) is 0 Å². The van der Waals surface area contributed by atoms with Crippen LogP contribution in [0.1, 0.15) is 40.0 Å². The highest BCUT2D eigenvalue weighted by Crippen LogP contribution is 2.47. The molecule has 1 aliphatic rings. The molecule has 3 N–H and O–H groups in total. The van der Waals surface area contributed by atoms with Crippen molar-refractivity contribution in [3.63, 3.8) is 0 Å². The third-order valence-corrected chi connectivity index (χ3v) is 3.18. The average Bonchev–Trinajstić information content (AvgIpc) is 2.12. The number of carbonyl (C=O) groups excluding carboxylic acids is 2. The van der Waals surface area contributed by atoms with Gasteiger partial charge in [-0.05, 0) is 30.1 Å². The minimum atomic E-state index is -0.0653. The summed E-state index contributed by atoms with van der Waals surface area (Å²) in [5, 5.41) is 0. The maximum absolute atomic E-state index is 10.3. The molecule has 1 saturated carbocycles. The molecule has 0 aliphatic heterocycles. The van der Waals surface area contributed by atoms with E-state index in [1.807, 2.05) is 0 Å². The second kappa shape index (κ2) is 5.87. The van der Waals surface area contributed by atoms with E-state index in [-0.39, 0.29) is 23.0 Å². The Morgan fingerprint density at radius 2 is 1.82 bits per heavy atom. The summed E-state index contributed by atoms with van der Waals surface area (Å²) in [5.74, 6) is 0. The van der Waals surface area contributed by atoms with Crippen molar-refractivity contribution in [2.75, 3.05) is 6.54 Å². The second-order valence-corrected chi connectivity index (χ2v) is 5.84. The lowest BCUT2D eigenvalue weighted by atomic mass is 9.63. The predicted molar refractivity (Wildman–Crippen MR) is 65.7 cm³/mol. The molecule has 2 atom stereocenters. The second-order valence-electron chi connectivity index (χ2n) is 5.84. The normalized spacial score (nSPS) is 30.4. The molecule has 2 unspecified atom stereocenters. The van der Waals surface area contributed by atoms with Crippen LogP contribution in [0, 0.1) is 10.8 Å². The van der Waals surface area contributed by atoms with E-state index in [9.17, 15) is 9.59 Å². The van der Waals surface area contributed by atoms with Gasteiger partial charge in [0.2, 0.25) is 12.2 Å². The molecule has 0 aromatic carbocycles. The Morgan fingerprint density at radius 1 is 1.18 bits per heavy atom. The van der Waals surface area contributed by atoms with E-state index in [1.54, 1.807) is 12.2 Å². The SMILES string of the molecule is CC1(C)CC(N=C=O)CC(C)(CN=C=O)C1.N. The Morgan fingerprint density at radius 3 is 2.35 bits per heavy atom. The zero-order valence-electron chi connectivity index (χ0n) is 10.8. The molecule has 0 aromatic rings. The zero-order valence-corrected chi connectivity index (χ0v) is 10.8. The number of hydrogen-bond acceptors (Lipinski definition) is 5. The van der Waals surface area contributed by atoms with Crippen LogP contribution in [0.2, 0.25) is 0 Å². The van der Waals surface area contributed by atoms with Crippen molar-refractivity contribution in [2.24, 2.45) is 20.8 Å². The monoisotopic (exact) mass is 239 g/mol. The van der Waals surface area contributed by atoms with Gasteiger partial charge in [-0.1, -0.05) is 20.8 Å². The van der Waals surface area contributed by atoms with Gasteiger partial charge in [0.05, 0.1) is 12.6 Å². The van der Waals surface area contributed by atoms with Gasteiger partial charge in [0.25, 0.3) is 0 Å². The number of hydrogen-bond donors (Lipinski definition) is 1. The number of rotatable bonds is 3. The Labute approximate surface area is 102 Å². The highest BCUT2D eigenvalue weighted by molar-refractivity contribution is 5.34. The van der Waals surface area contributed by atoms with Crippen LogP contribution in [0.15, 0.2) is 9.98 Å². The first-order valence-corrected chi connectivity index (χ1v) is 5.51. The maximum atomic E-state index is 10.3. The summed E-state index contributed by atoms with van der Waals surface area (Å²) < 4.78 is 0. The van der Waals surface area contributed by atoms with Crippen molar-refractivity contribution < 1.29 is 9.59 Å². The first kappa shape index (κ1) is 15.7. The maximum Gasteiger partial charge on any atom is 0.235 e. The molecule has 0 bridgehead atoms. The minimum absolute atomic E-state index is 0. The molecule has 0 saturated heterocycles. The lowest BCUT2D eigenvalue weighted by Crippen LogP contribution is -2.39. The van der Waals surface area contributed by atoms with E-state index in [1.165, 1.54) is 0 Å². The van der Waals surface area contributed by atoms with Crippen LogP contribution in [0.3, 0.4) is 0 Å². The third kappa shape index (κ3) is 4.61. The standard InChI is InChI=1S/C12H18N2O2.H3N/c1-11(2)4-10(14-9-16)5-12(3,6-11)7-13-8-15;/h10H,4-7H2,1-3H3;1H3.